The maximum atomic E-state index is 13.2. The second-order valence-corrected chi connectivity index (χ2v) is 9.51. The van der Waals surface area contributed by atoms with Gasteiger partial charge in [-0.3, -0.25) is 9.69 Å². The number of carbonyl (C=O) groups is 1. The first kappa shape index (κ1) is 17.2. The summed E-state index contributed by atoms with van der Waals surface area (Å²) in [5.41, 5.74) is 3.16. The molecule has 3 aromatic heterocycles. The van der Waals surface area contributed by atoms with Crippen LogP contribution in [0.3, 0.4) is 0 Å². The number of hydrogen-bond acceptors (Lipinski definition) is 5. The third-order valence-corrected chi connectivity index (χ3v) is 7.52. The van der Waals surface area contributed by atoms with Gasteiger partial charge in [0, 0.05) is 36.1 Å². The van der Waals surface area contributed by atoms with Crippen molar-refractivity contribution in [2.75, 3.05) is 13.1 Å². The number of thiophene rings is 1. The van der Waals surface area contributed by atoms with Crippen LogP contribution in [0.25, 0.3) is 0 Å². The summed E-state index contributed by atoms with van der Waals surface area (Å²) in [7, 11) is 0. The second kappa shape index (κ2) is 6.58. The van der Waals surface area contributed by atoms with Crippen molar-refractivity contribution < 1.29 is 4.79 Å². The van der Waals surface area contributed by atoms with Crippen molar-refractivity contribution in [2.45, 2.75) is 39.0 Å². The van der Waals surface area contributed by atoms with Gasteiger partial charge in [0.15, 0.2) is 0 Å². The first-order chi connectivity index (χ1) is 13.1. The van der Waals surface area contributed by atoms with Gasteiger partial charge in [-0.05, 0) is 43.0 Å². The summed E-state index contributed by atoms with van der Waals surface area (Å²) in [5.74, 6) is 0.126. The number of aromatic nitrogens is 2. The van der Waals surface area contributed by atoms with Gasteiger partial charge in [0.25, 0.3) is 5.91 Å². The molecule has 140 valence electrons. The predicted octanol–water partition coefficient (Wildman–Crippen LogP) is 3.70. The Morgan fingerprint density at radius 2 is 2.00 bits per heavy atom. The fraction of sp³-hybridized carbons (Fsp3) is 0.400. The van der Waals surface area contributed by atoms with Crippen LogP contribution in [0.1, 0.15) is 37.7 Å². The minimum Gasteiger partial charge on any atom is -0.337 e. The number of carbonyl (C=O) groups excluding carboxylic acids is 1. The Kier molecular flexibility index (Phi) is 4.18. The molecule has 1 fully saturated rings. The van der Waals surface area contributed by atoms with E-state index in [1.807, 2.05) is 30.4 Å². The molecule has 0 radical (unpaired) electrons. The number of fused-ring (bicyclic) bond motifs is 3. The Bertz CT molecular complexity index is 988. The van der Waals surface area contributed by atoms with Crippen LogP contribution >= 0.6 is 22.7 Å². The van der Waals surface area contributed by atoms with Crippen molar-refractivity contribution >= 4 is 28.6 Å². The van der Waals surface area contributed by atoms with Crippen LogP contribution < -0.4 is 0 Å². The zero-order valence-electron chi connectivity index (χ0n) is 15.5. The second-order valence-electron chi connectivity index (χ2n) is 7.45. The van der Waals surface area contributed by atoms with E-state index in [4.69, 9.17) is 0 Å². The van der Waals surface area contributed by atoms with E-state index in [-0.39, 0.29) is 11.9 Å². The Hall–Kier alpha value is -1.96. The zero-order valence-corrected chi connectivity index (χ0v) is 17.1. The third-order valence-electron chi connectivity index (χ3n) is 5.69. The molecule has 3 aromatic rings. The normalized spacial score (nSPS) is 22.3. The lowest BCUT2D eigenvalue weighted by molar-refractivity contribution is 0.0554. The average Bonchev–Trinajstić information content (AvgIpc) is 3.40. The minimum absolute atomic E-state index is 0.126. The topological polar surface area (TPSA) is 41.4 Å². The van der Waals surface area contributed by atoms with E-state index in [0.717, 1.165) is 36.0 Å². The molecule has 2 aliphatic heterocycles. The Morgan fingerprint density at radius 3 is 2.74 bits per heavy atom. The molecule has 5 nitrogen and oxygen atoms in total. The van der Waals surface area contributed by atoms with Gasteiger partial charge in [-0.15, -0.1) is 22.7 Å². The first-order valence-corrected chi connectivity index (χ1v) is 11.0. The molecular weight excluding hydrogens is 376 g/mol. The Labute approximate surface area is 166 Å². The lowest BCUT2D eigenvalue weighted by atomic mass is 10.1. The van der Waals surface area contributed by atoms with Crippen LogP contribution in [-0.2, 0) is 13.1 Å². The van der Waals surface area contributed by atoms with Gasteiger partial charge < -0.3 is 9.47 Å². The first-order valence-electron chi connectivity index (χ1n) is 9.24. The predicted molar refractivity (Wildman–Crippen MR) is 108 cm³/mol. The van der Waals surface area contributed by atoms with Crippen LogP contribution in [0, 0.1) is 13.8 Å². The highest BCUT2D eigenvalue weighted by molar-refractivity contribution is 7.10. The van der Waals surface area contributed by atoms with E-state index < -0.39 is 0 Å². The SMILES string of the molecule is Cc1nc(CN2C(=O)c3cccn3[C@@H]3CN(Cc4sccc4C)C[C@H]32)cs1. The number of hydrogen-bond donors (Lipinski definition) is 0. The monoisotopic (exact) mass is 398 g/mol. The molecule has 7 heteroatoms. The van der Waals surface area contributed by atoms with Crippen molar-refractivity contribution in [2.24, 2.45) is 0 Å². The highest BCUT2D eigenvalue weighted by Crippen LogP contribution is 2.35. The fourth-order valence-electron chi connectivity index (χ4n) is 4.33. The smallest absolute Gasteiger partial charge is 0.271 e. The van der Waals surface area contributed by atoms with Crippen LogP contribution in [0.15, 0.2) is 35.2 Å². The average molecular weight is 399 g/mol. The van der Waals surface area contributed by atoms with Crippen LogP contribution in [0.4, 0.5) is 0 Å². The van der Waals surface area contributed by atoms with Crippen LogP contribution in [-0.4, -0.2) is 44.4 Å². The molecule has 0 spiro atoms. The Balaban J connectivity index is 1.44. The van der Waals surface area contributed by atoms with Gasteiger partial charge in [-0.25, -0.2) is 4.98 Å². The molecule has 0 unspecified atom stereocenters. The lowest BCUT2D eigenvalue weighted by Gasteiger charge is -2.38. The maximum Gasteiger partial charge on any atom is 0.271 e. The molecule has 2 atom stereocenters. The summed E-state index contributed by atoms with van der Waals surface area (Å²) < 4.78 is 2.19. The van der Waals surface area contributed by atoms with E-state index >= 15 is 0 Å². The van der Waals surface area contributed by atoms with Crippen molar-refractivity contribution in [3.8, 4) is 0 Å². The summed E-state index contributed by atoms with van der Waals surface area (Å²) in [5, 5.41) is 5.29. The molecule has 0 bridgehead atoms. The molecular formula is C20H22N4OS2. The van der Waals surface area contributed by atoms with E-state index in [0.29, 0.717) is 12.6 Å². The van der Waals surface area contributed by atoms with Crippen LogP contribution in [0.2, 0.25) is 0 Å². The largest absolute Gasteiger partial charge is 0.337 e. The number of aryl methyl sites for hydroxylation is 2. The van der Waals surface area contributed by atoms with Gasteiger partial charge in [-0.2, -0.15) is 0 Å². The summed E-state index contributed by atoms with van der Waals surface area (Å²) in [6, 6.07) is 6.64. The third kappa shape index (κ3) is 2.94. The molecule has 1 saturated heterocycles. The Morgan fingerprint density at radius 1 is 1.15 bits per heavy atom. The van der Waals surface area contributed by atoms with Crippen LogP contribution in [0.5, 0.6) is 0 Å². The molecule has 5 heterocycles. The summed E-state index contributed by atoms with van der Waals surface area (Å²) in [6.07, 6.45) is 2.06. The minimum atomic E-state index is 0.126. The molecule has 1 amide bonds. The van der Waals surface area contributed by atoms with Crippen molar-refractivity contribution in [1.82, 2.24) is 19.4 Å². The molecule has 0 aliphatic carbocycles. The molecule has 2 aliphatic rings. The van der Waals surface area contributed by atoms with E-state index in [1.54, 1.807) is 11.3 Å². The molecule has 27 heavy (non-hydrogen) atoms. The maximum absolute atomic E-state index is 13.2. The number of rotatable bonds is 4. The zero-order chi connectivity index (χ0) is 18.5. The van der Waals surface area contributed by atoms with Gasteiger partial charge >= 0.3 is 0 Å². The van der Waals surface area contributed by atoms with E-state index in [2.05, 4.69) is 49.3 Å². The standard InChI is InChI=1S/C20H22N4OS2/c1-13-5-7-26-19(13)11-22-9-17-18(10-22)24(8-15-12-27-14(2)21-15)20(25)16-4-3-6-23(16)17/h3-7,12,17-18H,8-11H2,1-2H3/t17-,18-/m1/s1. The summed E-state index contributed by atoms with van der Waals surface area (Å²) in [4.78, 5) is 23.7. The molecule has 0 N–H and O–H groups in total. The van der Waals surface area contributed by atoms with Gasteiger partial charge in [-0.1, -0.05) is 0 Å². The van der Waals surface area contributed by atoms with Gasteiger partial charge in [0.05, 0.1) is 29.3 Å². The van der Waals surface area contributed by atoms with E-state index in [1.165, 1.54) is 10.4 Å². The highest BCUT2D eigenvalue weighted by atomic mass is 32.1. The van der Waals surface area contributed by atoms with Gasteiger partial charge in [0.1, 0.15) is 5.69 Å². The molecule has 5 rings (SSSR count). The summed E-state index contributed by atoms with van der Waals surface area (Å²) >= 11 is 3.47. The number of amides is 1. The fourth-order valence-corrected chi connectivity index (χ4v) is 5.88. The summed E-state index contributed by atoms with van der Waals surface area (Å²) in [6.45, 7) is 7.64. The van der Waals surface area contributed by atoms with Crippen molar-refractivity contribution in [3.63, 3.8) is 0 Å². The molecule has 0 aromatic carbocycles. The number of likely N-dealkylation sites (tertiary alicyclic amines) is 1. The molecule has 0 saturated carbocycles. The van der Waals surface area contributed by atoms with E-state index in [9.17, 15) is 4.79 Å². The van der Waals surface area contributed by atoms with Gasteiger partial charge in [0.2, 0.25) is 0 Å². The van der Waals surface area contributed by atoms with Crippen molar-refractivity contribution in [3.05, 3.63) is 62.0 Å². The number of thiazole rings is 1. The quantitative estimate of drug-likeness (QED) is 0.673. The number of nitrogens with zero attached hydrogens (tertiary/aromatic N) is 4. The van der Waals surface area contributed by atoms with Crippen molar-refractivity contribution in [1.29, 1.82) is 0 Å². The highest BCUT2D eigenvalue weighted by Gasteiger charge is 2.45. The lowest BCUT2D eigenvalue weighted by Crippen LogP contribution is -2.49.